The number of phenolic OH excluding ortho intramolecular Hbond substituents is 1. The Morgan fingerprint density at radius 3 is 2.41 bits per heavy atom. The zero-order valence-electron chi connectivity index (χ0n) is 9.06. The molecule has 0 radical (unpaired) electrons. The highest BCUT2D eigenvalue weighted by Gasteiger charge is 2.11. The smallest absolute Gasteiger partial charge is 0.411 e. The third-order valence-electron chi connectivity index (χ3n) is 1.79. The molecule has 1 aromatic carbocycles. The molecule has 0 atom stereocenters. The second-order valence-electron chi connectivity index (χ2n) is 2.98. The Morgan fingerprint density at radius 1 is 1.29 bits per heavy atom. The predicted octanol–water partition coefficient (Wildman–Crippen LogP) is 2.05. The van der Waals surface area contributed by atoms with Crippen molar-refractivity contribution in [3.8, 4) is 5.75 Å². The predicted molar refractivity (Wildman–Crippen MR) is 60.4 cm³/mol. The number of hydrogen-bond acceptors (Lipinski definition) is 4. The molecule has 0 unspecified atom stereocenters. The van der Waals surface area contributed by atoms with Gasteiger partial charge in [0, 0.05) is 0 Å². The quantitative estimate of drug-likeness (QED) is 0.605. The van der Waals surface area contributed by atoms with Crippen molar-refractivity contribution in [1.82, 2.24) is 0 Å². The van der Waals surface area contributed by atoms with Crippen molar-refractivity contribution < 1.29 is 24.5 Å². The first-order valence-corrected chi connectivity index (χ1v) is 4.80. The lowest BCUT2D eigenvalue weighted by Crippen LogP contribution is -2.14. The lowest BCUT2D eigenvalue weighted by molar-refractivity contribution is 0.168. The van der Waals surface area contributed by atoms with Gasteiger partial charge in [-0.05, 0) is 19.1 Å². The summed E-state index contributed by atoms with van der Waals surface area (Å²) in [6.07, 6.45) is -2.04. The van der Waals surface area contributed by atoms with Crippen molar-refractivity contribution in [3.05, 3.63) is 18.2 Å². The van der Waals surface area contributed by atoms with Crippen LogP contribution in [0, 0.1) is 0 Å². The minimum absolute atomic E-state index is 0.0215. The van der Waals surface area contributed by atoms with Crippen LogP contribution in [-0.4, -0.2) is 29.0 Å². The number of nitrogens with one attached hydrogen (secondary N) is 2. The van der Waals surface area contributed by atoms with Gasteiger partial charge in [-0.3, -0.25) is 10.6 Å². The van der Waals surface area contributed by atoms with Gasteiger partial charge < -0.3 is 14.9 Å². The summed E-state index contributed by atoms with van der Waals surface area (Å²) in [5.74, 6) is -0.372. The van der Waals surface area contributed by atoms with E-state index in [0.29, 0.717) is 0 Å². The first-order chi connectivity index (χ1) is 8.04. The number of aromatic hydroxyl groups is 1. The number of carboxylic acid groups (broad SMARTS) is 1. The minimum atomic E-state index is -1.31. The second kappa shape index (κ2) is 5.59. The molecule has 1 rings (SSSR count). The number of hydrogen-bond donors (Lipinski definition) is 4. The van der Waals surface area contributed by atoms with Crippen LogP contribution in [0.4, 0.5) is 21.0 Å². The molecule has 2 amide bonds. The first-order valence-electron chi connectivity index (χ1n) is 4.80. The largest absolute Gasteiger partial charge is 0.504 e. The van der Waals surface area contributed by atoms with Crippen molar-refractivity contribution in [2.45, 2.75) is 6.92 Å². The molecule has 17 heavy (non-hydrogen) atoms. The molecule has 92 valence electrons. The van der Waals surface area contributed by atoms with E-state index in [1.165, 1.54) is 18.2 Å². The van der Waals surface area contributed by atoms with Crippen LogP contribution in [-0.2, 0) is 4.74 Å². The van der Waals surface area contributed by atoms with E-state index in [2.05, 4.69) is 10.1 Å². The van der Waals surface area contributed by atoms with Crippen LogP contribution >= 0.6 is 0 Å². The Kier molecular flexibility index (Phi) is 4.15. The van der Waals surface area contributed by atoms with E-state index >= 15 is 0 Å². The highest BCUT2D eigenvalue weighted by atomic mass is 16.5. The van der Waals surface area contributed by atoms with Gasteiger partial charge in [-0.2, -0.15) is 0 Å². The molecule has 0 aliphatic rings. The summed E-state index contributed by atoms with van der Waals surface area (Å²) in [6, 6.07) is 4.26. The molecule has 4 N–H and O–H groups in total. The Bertz CT molecular complexity index is 433. The molecule has 0 bridgehead atoms. The summed E-state index contributed by atoms with van der Waals surface area (Å²) in [5, 5.41) is 22.4. The Morgan fingerprint density at radius 2 is 1.88 bits per heavy atom. The molecule has 1 aromatic rings. The van der Waals surface area contributed by atoms with Gasteiger partial charge in [0.1, 0.15) is 0 Å². The lowest BCUT2D eigenvalue weighted by Gasteiger charge is -2.10. The summed E-state index contributed by atoms with van der Waals surface area (Å²) >= 11 is 0. The number of anilines is 2. The Balaban J connectivity index is 2.86. The molecule has 0 saturated heterocycles. The Hall–Kier alpha value is -2.44. The van der Waals surface area contributed by atoms with Gasteiger partial charge in [-0.1, -0.05) is 6.07 Å². The van der Waals surface area contributed by atoms with Crippen LogP contribution in [0.15, 0.2) is 18.2 Å². The highest BCUT2D eigenvalue weighted by Crippen LogP contribution is 2.31. The molecule has 0 fully saturated rings. The number of para-hydroxylation sites is 1. The summed E-state index contributed by atoms with van der Waals surface area (Å²) in [7, 11) is 0. The zero-order chi connectivity index (χ0) is 12.8. The van der Waals surface area contributed by atoms with E-state index in [1.54, 1.807) is 6.92 Å². The van der Waals surface area contributed by atoms with Gasteiger partial charge in [-0.25, -0.2) is 9.59 Å². The van der Waals surface area contributed by atoms with Gasteiger partial charge in [0.05, 0.1) is 18.0 Å². The van der Waals surface area contributed by atoms with E-state index in [1.807, 2.05) is 5.32 Å². The molecule has 0 aliphatic heterocycles. The van der Waals surface area contributed by atoms with E-state index in [9.17, 15) is 14.7 Å². The second-order valence-corrected chi connectivity index (χ2v) is 2.98. The van der Waals surface area contributed by atoms with Crippen molar-refractivity contribution in [2.24, 2.45) is 0 Å². The van der Waals surface area contributed by atoms with Crippen molar-refractivity contribution >= 4 is 23.6 Å². The third kappa shape index (κ3) is 3.56. The maximum atomic E-state index is 11.1. The van der Waals surface area contributed by atoms with Crippen LogP contribution in [0.5, 0.6) is 5.75 Å². The molecular formula is C10H12N2O5. The number of rotatable bonds is 3. The minimum Gasteiger partial charge on any atom is -0.504 e. The molecule has 0 spiro atoms. The summed E-state index contributed by atoms with van der Waals surface area (Å²) in [6.45, 7) is 1.83. The molecule has 0 aliphatic carbocycles. The first kappa shape index (κ1) is 12.6. The number of carbonyl (C=O) groups is 2. The molecule has 7 heteroatoms. The molecule has 0 heterocycles. The van der Waals surface area contributed by atoms with Crippen LogP contribution in [0.1, 0.15) is 6.92 Å². The van der Waals surface area contributed by atoms with Crippen LogP contribution in [0.3, 0.4) is 0 Å². The van der Waals surface area contributed by atoms with Crippen LogP contribution in [0.25, 0.3) is 0 Å². The average Bonchev–Trinajstić information content (AvgIpc) is 2.23. The molecule has 7 nitrogen and oxygen atoms in total. The number of phenols is 1. The summed E-state index contributed by atoms with van der Waals surface area (Å²) in [4.78, 5) is 21.5. The fourth-order valence-corrected chi connectivity index (χ4v) is 1.14. The molecule has 0 aromatic heterocycles. The van der Waals surface area contributed by atoms with E-state index in [4.69, 9.17) is 5.11 Å². The maximum absolute atomic E-state index is 11.1. The van der Waals surface area contributed by atoms with Gasteiger partial charge in [0.25, 0.3) is 0 Å². The van der Waals surface area contributed by atoms with Crippen LogP contribution < -0.4 is 10.6 Å². The normalized spacial score (nSPS) is 9.47. The van der Waals surface area contributed by atoms with Crippen molar-refractivity contribution in [1.29, 1.82) is 0 Å². The zero-order valence-corrected chi connectivity index (χ0v) is 9.06. The monoisotopic (exact) mass is 240 g/mol. The lowest BCUT2D eigenvalue weighted by atomic mass is 10.2. The highest BCUT2D eigenvalue weighted by molar-refractivity contribution is 5.92. The number of benzene rings is 1. The van der Waals surface area contributed by atoms with E-state index in [-0.39, 0.29) is 23.7 Å². The summed E-state index contributed by atoms with van der Waals surface area (Å²) < 4.78 is 4.62. The van der Waals surface area contributed by atoms with Gasteiger partial charge in [0.15, 0.2) is 5.75 Å². The summed E-state index contributed by atoms with van der Waals surface area (Å²) in [5.41, 5.74) is 0.0431. The standard InChI is InChI=1S/C10H12N2O5/c1-2-17-10(16)12-7-5-3-4-6(8(7)13)11-9(14)15/h3-5,11,13H,2H2,1H3,(H,12,16)(H,14,15). The van der Waals surface area contributed by atoms with Gasteiger partial charge in [-0.15, -0.1) is 0 Å². The Labute approximate surface area is 97.0 Å². The molecular weight excluding hydrogens is 228 g/mol. The maximum Gasteiger partial charge on any atom is 0.411 e. The van der Waals surface area contributed by atoms with E-state index in [0.717, 1.165) is 0 Å². The van der Waals surface area contributed by atoms with E-state index < -0.39 is 12.2 Å². The van der Waals surface area contributed by atoms with Crippen molar-refractivity contribution in [2.75, 3.05) is 17.2 Å². The molecule has 0 saturated carbocycles. The van der Waals surface area contributed by atoms with Crippen molar-refractivity contribution in [3.63, 3.8) is 0 Å². The number of carbonyl (C=O) groups excluding carboxylic acids is 1. The third-order valence-corrected chi connectivity index (χ3v) is 1.79. The fraction of sp³-hybridized carbons (Fsp3) is 0.200. The van der Waals surface area contributed by atoms with Gasteiger partial charge >= 0.3 is 12.2 Å². The topological polar surface area (TPSA) is 108 Å². The average molecular weight is 240 g/mol. The SMILES string of the molecule is CCOC(=O)Nc1cccc(NC(=O)O)c1O. The fourth-order valence-electron chi connectivity index (χ4n) is 1.14. The van der Waals surface area contributed by atoms with Crippen LogP contribution in [0.2, 0.25) is 0 Å². The van der Waals surface area contributed by atoms with Gasteiger partial charge in [0.2, 0.25) is 0 Å². The number of amides is 2. The number of ether oxygens (including phenoxy) is 1.